The van der Waals surface area contributed by atoms with Crippen LogP contribution in [0, 0.1) is 0 Å². The molecule has 0 aliphatic rings. The Labute approximate surface area is 152 Å². The summed E-state index contributed by atoms with van der Waals surface area (Å²) in [7, 11) is -7.20. The Bertz CT molecular complexity index is 972. The molecule has 8 nitrogen and oxygen atoms in total. The lowest BCUT2D eigenvalue weighted by Crippen LogP contribution is -2.41. The van der Waals surface area contributed by atoms with E-state index in [-0.39, 0.29) is 4.90 Å². The molecule has 2 rings (SSSR count). The maximum Gasteiger partial charge on any atom is 0.242 e. The van der Waals surface area contributed by atoms with Gasteiger partial charge in [0, 0.05) is 11.4 Å². The number of rotatable bonds is 7. The van der Waals surface area contributed by atoms with E-state index >= 15 is 0 Å². The van der Waals surface area contributed by atoms with Crippen molar-refractivity contribution in [2.75, 3.05) is 16.3 Å². The fourth-order valence-corrected chi connectivity index (χ4v) is 3.83. The Morgan fingerprint density at radius 3 is 1.96 bits per heavy atom. The molecule has 0 aromatic heterocycles. The molecule has 2 aromatic carbocycles. The summed E-state index contributed by atoms with van der Waals surface area (Å²) < 4.78 is 51.4. The Morgan fingerprint density at radius 2 is 1.42 bits per heavy atom. The van der Waals surface area contributed by atoms with E-state index in [0.717, 1.165) is 6.26 Å². The zero-order valence-corrected chi connectivity index (χ0v) is 15.8. The van der Waals surface area contributed by atoms with Crippen LogP contribution in [0.1, 0.15) is 6.92 Å². The van der Waals surface area contributed by atoms with Gasteiger partial charge in [0.2, 0.25) is 26.0 Å². The van der Waals surface area contributed by atoms with Gasteiger partial charge in [0.15, 0.2) is 0 Å². The molecule has 0 fully saturated rings. The van der Waals surface area contributed by atoms with E-state index in [9.17, 15) is 21.6 Å². The molecule has 0 radical (unpaired) electrons. The van der Waals surface area contributed by atoms with Gasteiger partial charge in [-0.05, 0) is 43.3 Å². The van der Waals surface area contributed by atoms with Crippen molar-refractivity contribution in [2.24, 2.45) is 0 Å². The highest BCUT2D eigenvalue weighted by molar-refractivity contribution is 7.92. The number of carbonyl (C=O) groups excluding carboxylic acids is 1. The van der Waals surface area contributed by atoms with Crippen LogP contribution in [0.2, 0.25) is 0 Å². The Hall–Kier alpha value is -2.43. The van der Waals surface area contributed by atoms with Crippen molar-refractivity contribution in [1.29, 1.82) is 0 Å². The second kappa shape index (κ2) is 7.85. The molecule has 1 atom stereocenters. The number of carbonyl (C=O) groups is 1. The minimum Gasteiger partial charge on any atom is -0.325 e. The summed E-state index contributed by atoms with van der Waals surface area (Å²) in [6.07, 6.45) is 1.03. The first-order chi connectivity index (χ1) is 12.1. The van der Waals surface area contributed by atoms with Gasteiger partial charge >= 0.3 is 0 Å². The van der Waals surface area contributed by atoms with Gasteiger partial charge in [-0.3, -0.25) is 9.52 Å². The maximum atomic E-state index is 12.2. The number of hydrogen-bond donors (Lipinski definition) is 3. The van der Waals surface area contributed by atoms with Gasteiger partial charge in [-0.1, -0.05) is 18.2 Å². The summed E-state index contributed by atoms with van der Waals surface area (Å²) in [6, 6.07) is 12.7. The molecule has 10 heteroatoms. The van der Waals surface area contributed by atoms with Crippen LogP contribution in [-0.4, -0.2) is 35.0 Å². The van der Waals surface area contributed by atoms with Gasteiger partial charge in [-0.15, -0.1) is 0 Å². The molecule has 2 aromatic rings. The molecular weight excluding hydrogens is 378 g/mol. The normalized spacial score (nSPS) is 13.0. The van der Waals surface area contributed by atoms with Gasteiger partial charge in [0.05, 0.1) is 17.2 Å². The molecule has 0 saturated carbocycles. The van der Waals surface area contributed by atoms with E-state index in [1.807, 2.05) is 0 Å². The van der Waals surface area contributed by atoms with Crippen LogP contribution in [-0.2, 0) is 24.8 Å². The van der Waals surface area contributed by atoms with Crippen molar-refractivity contribution >= 4 is 37.3 Å². The summed E-state index contributed by atoms with van der Waals surface area (Å²) in [4.78, 5) is 12.3. The van der Waals surface area contributed by atoms with Crippen LogP contribution < -0.4 is 14.8 Å². The first kappa shape index (κ1) is 19.9. The van der Waals surface area contributed by atoms with Gasteiger partial charge in [0.1, 0.15) is 0 Å². The smallest absolute Gasteiger partial charge is 0.242 e. The minimum absolute atomic E-state index is 0.0656. The lowest BCUT2D eigenvalue weighted by atomic mass is 10.2. The highest BCUT2D eigenvalue weighted by atomic mass is 32.2. The molecule has 3 N–H and O–H groups in total. The second-order valence-corrected chi connectivity index (χ2v) is 9.06. The van der Waals surface area contributed by atoms with E-state index in [4.69, 9.17) is 0 Å². The van der Waals surface area contributed by atoms with Crippen molar-refractivity contribution < 1.29 is 21.6 Å². The van der Waals surface area contributed by atoms with Gasteiger partial charge < -0.3 is 5.32 Å². The third kappa shape index (κ3) is 5.83. The van der Waals surface area contributed by atoms with Crippen LogP contribution in [0.4, 0.5) is 11.4 Å². The monoisotopic (exact) mass is 397 g/mol. The predicted octanol–water partition coefficient (Wildman–Crippen LogP) is 1.36. The second-order valence-electron chi connectivity index (χ2n) is 5.60. The lowest BCUT2D eigenvalue weighted by Gasteiger charge is -2.15. The zero-order chi connectivity index (χ0) is 19.4. The third-order valence-electron chi connectivity index (χ3n) is 3.23. The number of hydrogen-bond acceptors (Lipinski definition) is 5. The highest BCUT2D eigenvalue weighted by Gasteiger charge is 2.21. The number of amides is 1. The summed E-state index contributed by atoms with van der Waals surface area (Å²) >= 11 is 0. The summed E-state index contributed by atoms with van der Waals surface area (Å²) in [5.74, 6) is -0.548. The van der Waals surface area contributed by atoms with Crippen LogP contribution in [0.15, 0.2) is 59.5 Å². The Balaban J connectivity index is 2.01. The molecule has 0 unspecified atom stereocenters. The van der Waals surface area contributed by atoms with E-state index < -0.39 is 32.0 Å². The number of benzene rings is 2. The Kier molecular flexibility index (Phi) is 6.01. The molecule has 0 aliphatic carbocycles. The van der Waals surface area contributed by atoms with Gasteiger partial charge in [-0.2, -0.15) is 4.72 Å². The van der Waals surface area contributed by atoms with Crippen LogP contribution >= 0.6 is 0 Å². The predicted molar refractivity (Wildman–Crippen MR) is 99.8 cm³/mol. The third-order valence-corrected chi connectivity index (χ3v) is 5.40. The first-order valence-electron chi connectivity index (χ1n) is 7.53. The molecule has 0 aliphatic heterocycles. The molecule has 0 bridgehead atoms. The number of sulfonamides is 2. The highest BCUT2D eigenvalue weighted by Crippen LogP contribution is 2.15. The summed E-state index contributed by atoms with van der Waals surface area (Å²) in [5.41, 5.74) is 0.753. The van der Waals surface area contributed by atoms with Gasteiger partial charge in [-0.25, -0.2) is 16.8 Å². The molecule has 1 amide bonds. The molecule has 140 valence electrons. The fraction of sp³-hybridized carbons (Fsp3) is 0.188. The molecule has 0 spiro atoms. The van der Waals surface area contributed by atoms with Crippen molar-refractivity contribution in [3.63, 3.8) is 0 Å². The molecule has 26 heavy (non-hydrogen) atoms. The summed E-state index contributed by atoms with van der Waals surface area (Å²) in [6.45, 7) is 1.43. The van der Waals surface area contributed by atoms with Crippen molar-refractivity contribution in [3.05, 3.63) is 54.6 Å². The molecular formula is C16H19N3O5S2. The molecule has 0 saturated heterocycles. The van der Waals surface area contributed by atoms with E-state index in [1.54, 1.807) is 18.2 Å². The van der Waals surface area contributed by atoms with E-state index in [0.29, 0.717) is 11.4 Å². The van der Waals surface area contributed by atoms with Crippen molar-refractivity contribution in [2.45, 2.75) is 17.9 Å². The molecule has 0 heterocycles. The standard InChI is InChI=1S/C16H19N3O5S2/c1-12(18-26(23,24)15-6-4-3-5-7-15)16(20)17-13-8-10-14(11-9-13)19-25(2,21)22/h3-12,18-19H,1-2H3,(H,17,20)/t12-/m0/s1. The van der Waals surface area contributed by atoms with Crippen molar-refractivity contribution in [1.82, 2.24) is 4.72 Å². The van der Waals surface area contributed by atoms with Crippen molar-refractivity contribution in [3.8, 4) is 0 Å². The Morgan fingerprint density at radius 1 is 0.885 bits per heavy atom. The lowest BCUT2D eigenvalue weighted by molar-refractivity contribution is -0.117. The zero-order valence-electron chi connectivity index (χ0n) is 14.1. The van der Waals surface area contributed by atoms with Crippen LogP contribution in [0.5, 0.6) is 0 Å². The maximum absolute atomic E-state index is 12.2. The number of nitrogens with one attached hydrogen (secondary N) is 3. The average Bonchev–Trinajstić information content (AvgIpc) is 2.55. The minimum atomic E-state index is -3.81. The van der Waals surface area contributed by atoms with E-state index in [2.05, 4.69) is 14.8 Å². The van der Waals surface area contributed by atoms with E-state index in [1.165, 1.54) is 43.3 Å². The largest absolute Gasteiger partial charge is 0.325 e. The van der Waals surface area contributed by atoms with Crippen LogP contribution in [0.3, 0.4) is 0 Å². The first-order valence-corrected chi connectivity index (χ1v) is 10.9. The van der Waals surface area contributed by atoms with Crippen LogP contribution in [0.25, 0.3) is 0 Å². The number of anilines is 2. The average molecular weight is 397 g/mol. The van der Waals surface area contributed by atoms with Gasteiger partial charge in [0.25, 0.3) is 0 Å². The SMILES string of the molecule is C[C@H](NS(=O)(=O)c1ccccc1)C(=O)Nc1ccc(NS(C)(=O)=O)cc1. The summed E-state index contributed by atoms with van der Waals surface area (Å²) in [5, 5.41) is 2.56. The topological polar surface area (TPSA) is 121 Å². The quantitative estimate of drug-likeness (QED) is 0.651. The fourth-order valence-electron chi connectivity index (χ4n) is 2.04.